The monoisotopic (exact) mass is 593 g/mol. The third-order valence-electron chi connectivity index (χ3n) is 7.35. The summed E-state index contributed by atoms with van der Waals surface area (Å²) in [5.74, 6) is 0.192. The largest absolute Gasteiger partial charge is 0.434 e. The molecule has 0 bridgehead atoms. The summed E-state index contributed by atoms with van der Waals surface area (Å²) in [5.41, 5.74) is 1.65. The molecule has 0 aliphatic carbocycles. The Labute approximate surface area is 246 Å². The Hall–Kier alpha value is -4.31. The topological polar surface area (TPSA) is 80.6 Å². The molecule has 0 N–H and O–H groups in total. The van der Waals surface area contributed by atoms with Crippen molar-refractivity contribution in [2.75, 3.05) is 24.5 Å². The molecule has 0 spiro atoms. The second-order valence-corrected chi connectivity index (χ2v) is 10.8. The number of pyridine rings is 1. The first kappa shape index (κ1) is 29.2. The number of amides is 1. The van der Waals surface area contributed by atoms with Gasteiger partial charge in [-0.2, -0.15) is 13.8 Å². The number of carbonyl (C=O) groups is 1. The van der Waals surface area contributed by atoms with Gasteiger partial charge in [-0.15, -0.1) is 0 Å². The lowest BCUT2D eigenvalue weighted by Gasteiger charge is -2.40. The van der Waals surface area contributed by atoms with E-state index in [1.54, 1.807) is 29.2 Å². The smallest absolute Gasteiger partial charge is 0.387 e. The number of nitrogens with zero attached hydrogens (tertiary/aromatic N) is 5. The average molecular weight is 594 g/mol. The van der Waals surface area contributed by atoms with Crippen molar-refractivity contribution in [1.29, 1.82) is 0 Å². The molecule has 8 nitrogen and oxygen atoms in total. The highest BCUT2D eigenvalue weighted by molar-refractivity contribution is 6.34. The quantitative estimate of drug-likeness (QED) is 0.243. The van der Waals surface area contributed by atoms with E-state index in [1.165, 1.54) is 16.7 Å². The van der Waals surface area contributed by atoms with E-state index < -0.39 is 12.3 Å². The van der Waals surface area contributed by atoms with Crippen LogP contribution in [-0.2, 0) is 4.79 Å². The minimum Gasteiger partial charge on any atom is -0.434 e. The van der Waals surface area contributed by atoms with Gasteiger partial charge < -0.3 is 14.5 Å². The third-order valence-corrected chi connectivity index (χ3v) is 7.63. The van der Waals surface area contributed by atoms with Crippen LogP contribution < -0.4 is 15.3 Å². The molecule has 2 aromatic heterocycles. The molecule has 2 aromatic carbocycles. The Morgan fingerprint density at radius 3 is 2.52 bits per heavy atom. The molecule has 5 rings (SSSR count). The van der Waals surface area contributed by atoms with Crippen LogP contribution in [0.3, 0.4) is 0 Å². The lowest BCUT2D eigenvalue weighted by molar-refractivity contribution is -0.126. The molecule has 1 amide bonds. The molecule has 1 aliphatic heterocycles. The van der Waals surface area contributed by atoms with Gasteiger partial charge in [0.2, 0.25) is 5.91 Å². The highest BCUT2D eigenvalue weighted by Gasteiger charge is 2.30. The van der Waals surface area contributed by atoms with Crippen LogP contribution in [0.4, 0.5) is 14.6 Å². The summed E-state index contributed by atoms with van der Waals surface area (Å²) in [7, 11) is 0. The fourth-order valence-electron chi connectivity index (χ4n) is 5.37. The van der Waals surface area contributed by atoms with E-state index in [0.29, 0.717) is 36.5 Å². The first-order valence-electron chi connectivity index (χ1n) is 13.6. The maximum absolute atomic E-state index is 13.9. The molecule has 4 aromatic rings. The second-order valence-electron chi connectivity index (χ2n) is 10.4. The number of hydrogen-bond acceptors (Lipinski definition) is 6. The first-order chi connectivity index (χ1) is 20.1. The molecule has 1 fully saturated rings. The number of halogens is 3. The average Bonchev–Trinajstić information content (AvgIpc) is 2.96. The number of rotatable bonds is 7. The fraction of sp³-hybridized carbons (Fsp3) is 0.290. The minimum atomic E-state index is -3.05. The maximum Gasteiger partial charge on any atom is 0.387 e. The van der Waals surface area contributed by atoms with Crippen LogP contribution in [0.15, 0.2) is 72.0 Å². The lowest BCUT2D eigenvalue weighted by atomic mass is 10.0. The van der Waals surface area contributed by atoms with E-state index >= 15 is 0 Å². The molecule has 11 heteroatoms. The molecule has 0 saturated carbocycles. The number of fused-ring (bicyclic) bond motifs is 1. The highest BCUT2D eigenvalue weighted by Crippen LogP contribution is 2.38. The van der Waals surface area contributed by atoms with Crippen molar-refractivity contribution in [3.05, 3.63) is 88.3 Å². The summed E-state index contributed by atoms with van der Waals surface area (Å²) < 4.78 is 32.7. The zero-order chi connectivity index (χ0) is 30.1. The van der Waals surface area contributed by atoms with Crippen LogP contribution in [0, 0.1) is 0 Å². The van der Waals surface area contributed by atoms with E-state index in [-0.39, 0.29) is 45.5 Å². The second kappa shape index (κ2) is 11.9. The number of ether oxygens (including phenoxy) is 1. The predicted molar refractivity (Wildman–Crippen MR) is 160 cm³/mol. The third kappa shape index (κ3) is 5.46. The van der Waals surface area contributed by atoms with Gasteiger partial charge in [0.25, 0.3) is 0 Å². The molecule has 1 atom stereocenters. The number of carbonyl (C=O) groups excluding carboxylic acids is 1. The van der Waals surface area contributed by atoms with E-state index in [2.05, 4.69) is 11.6 Å². The van der Waals surface area contributed by atoms with Crippen LogP contribution >= 0.6 is 11.6 Å². The van der Waals surface area contributed by atoms with E-state index in [9.17, 15) is 18.4 Å². The van der Waals surface area contributed by atoms with Crippen molar-refractivity contribution < 1.29 is 18.3 Å². The van der Waals surface area contributed by atoms with E-state index in [1.807, 2.05) is 49.9 Å². The van der Waals surface area contributed by atoms with Gasteiger partial charge in [0, 0.05) is 31.2 Å². The molecule has 1 aliphatic rings. The molecule has 42 heavy (non-hydrogen) atoms. The predicted octanol–water partition coefficient (Wildman–Crippen LogP) is 6.05. The van der Waals surface area contributed by atoms with Crippen molar-refractivity contribution in [2.24, 2.45) is 0 Å². The van der Waals surface area contributed by atoms with Gasteiger partial charge in [0.1, 0.15) is 11.6 Å². The Morgan fingerprint density at radius 2 is 1.83 bits per heavy atom. The maximum atomic E-state index is 13.9. The van der Waals surface area contributed by atoms with Gasteiger partial charge in [-0.1, -0.05) is 62.4 Å². The van der Waals surface area contributed by atoms with E-state index in [4.69, 9.17) is 21.3 Å². The number of piperazine rings is 1. The highest BCUT2D eigenvalue weighted by atomic mass is 35.5. The SMILES string of the molecule is C=CC(=O)N1CCN(c2nc(=O)n(-c3ccccc3C(C)C)c3nc(-c4ccccc4OC(F)F)c(Cl)cc23)[C@@H](C)C1. The van der Waals surface area contributed by atoms with Crippen LogP contribution in [0.2, 0.25) is 5.02 Å². The summed E-state index contributed by atoms with van der Waals surface area (Å²) in [6.45, 7) is 7.75. The number of aromatic nitrogens is 3. The summed E-state index contributed by atoms with van der Waals surface area (Å²) in [4.78, 5) is 39.2. The molecular formula is C31H30ClF2N5O3. The number of benzene rings is 2. The summed E-state index contributed by atoms with van der Waals surface area (Å²) in [5, 5.41) is 0.677. The molecule has 0 radical (unpaired) electrons. The molecule has 1 saturated heterocycles. The van der Waals surface area contributed by atoms with Crippen molar-refractivity contribution >= 4 is 34.4 Å². The Kier molecular flexibility index (Phi) is 8.27. The van der Waals surface area contributed by atoms with Gasteiger partial charge in [-0.25, -0.2) is 14.3 Å². The lowest BCUT2D eigenvalue weighted by Crippen LogP contribution is -2.54. The number of alkyl halides is 2. The van der Waals surface area contributed by atoms with Crippen molar-refractivity contribution in [3.63, 3.8) is 0 Å². The number of hydrogen-bond donors (Lipinski definition) is 0. The van der Waals surface area contributed by atoms with Crippen LogP contribution in [-0.4, -0.2) is 57.6 Å². The molecular weight excluding hydrogens is 564 g/mol. The van der Waals surface area contributed by atoms with E-state index in [0.717, 1.165) is 5.56 Å². The summed E-state index contributed by atoms with van der Waals surface area (Å²) >= 11 is 6.79. The van der Waals surface area contributed by atoms with Crippen LogP contribution in [0.1, 0.15) is 32.3 Å². The van der Waals surface area contributed by atoms with Gasteiger partial charge >= 0.3 is 12.3 Å². The molecule has 3 heterocycles. The molecule has 0 unspecified atom stereocenters. The van der Waals surface area contributed by atoms with Crippen molar-refractivity contribution in [1.82, 2.24) is 19.4 Å². The summed E-state index contributed by atoms with van der Waals surface area (Å²) in [6, 6.07) is 15.2. The molecule has 218 valence electrons. The standard InChI is InChI=1S/C31H30ClF2N5O3/c1-5-26(40)37-14-15-38(19(4)17-37)28-22-16-23(32)27(21-11-7-9-13-25(21)42-30(33)34)35-29(22)39(31(41)36-28)24-12-8-6-10-20(24)18(2)3/h5-13,16,18-19,30H,1,14-15,17H2,2-4H3/t19-/m0/s1. The minimum absolute atomic E-state index is 0.0743. The fourth-order valence-corrected chi connectivity index (χ4v) is 5.63. The van der Waals surface area contributed by atoms with Gasteiger partial charge in [-0.3, -0.25) is 4.79 Å². The van der Waals surface area contributed by atoms with Crippen LogP contribution in [0.25, 0.3) is 28.0 Å². The van der Waals surface area contributed by atoms with Crippen LogP contribution in [0.5, 0.6) is 5.75 Å². The summed E-state index contributed by atoms with van der Waals surface area (Å²) in [6.07, 6.45) is 1.28. The Bertz CT molecular complexity index is 1730. The number of para-hydroxylation sites is 2. The Morgan fingerprint density at radius 1 is 1.12 bits per heavy atom. The van der Waals surface area contributed by atoms with Gasteiger partial charge in [0.05, 0.1) is 21.8 Å². The number of anilines is 1. The zero-order valence-electron chi connectivity index (χ0n) is 23.4. The van der Waals surface area contributed by atoms with Crippen molar-refractivity contribution in [3.8, 4) is 22.7 Å². The van der Waals surface area contributed by atoms with Gasteiger partial charge in [0.15, 0.2) is 5.65 Å². The Balaban J connectivity index is 1.78. The first-order valence-corrected chi connectivity index (χ1v) is 13.9. The normalized spacial score (nSPS) is 15.5. The van der Waals surface area contributed by atoms with Gasteiger partial charge in [-0.05, 0) is 48.7 Å². The van der Waals surface area contributed by atoms with Crippen molar-refractivity contribution in [2.45, 2.75) is 39.3 Å². The zero-order valence-corrected chi connectivity index (χ0v) is 24.2.